The Hall–Kier alpha value is -0.910. The largest absolute Gasteiger partial charge is 0.434 e. The van der Waals surface area contributed by atoms with Crippen LogP contribution in [0.5, 0.6) is 5.75 Å². The molecule has 1 spiro atoms. The van der Waals surface area contributed by atoms with E-state index in [1.807, 2.05) is 12.1 Å². The van der Waals surface area contributed by atoms with Crippen LogP contribution < -0.4 is 10.1 Å². The van der Waals surface area contributed by atoms with Gasteiger partial charge in [-0.2, -0.15) is 8.78 Å². The highest BCUT2D eigenvalue weighted by Crippen LogP contribution is 2.39. The lowest BCUT2D eigenvalue weighted by molar-refractivity contribution is -0.0507. The van der Waals surface area contributed by atoms with E-state index in [0.29, 0.717) is 17.7 Å². The fourth-order valence-corrected chi connectivity index (χ4v) is 3.61. The molecule has 1 N–H and O–H groups in total. The monoisotopic (exact) mass is 332 g/mol. The van der Waals surface area contributed by atoms with Gasteiger partial charge in [-0.05, 0) is 50.4 Å². The Morgan fingerprint density at radius 3 is 2.64 bits per heavy atom. The number of ether oxygens (including phenoxy) is 1. The van der Waals surface area contributed by atoms with Gasteiger partial charge in [-0.1, -0.05) is 18.2 Å². The zero-order valence-corrected chi connectivity index (χ0v) is 13.4. The van der Waals surface area contributed by atoms with Gasteiger partial charge in [0, 0.05) is 18.7 Å². The minimum Gasteiger partial charge on any atom is -0.434 e. The highest BCUT2D eigenvalue weighted by atomic mass is 35.5. The van der Waals surface area contributed by atoms with Crippen molar-refractivity contribution >= 4 is 12.4 Å². The lowest BCUT2D eigenvalue weighted by Gasteiger charge is -2.34. The first-order valence-electron chi connectivity index (χ1n) is 7.63. The second kappa shape index (κ2) is 7.57. The first-order chi connectivity index (χ1) is 10.2. The van der Waals surface area contributed by atoms with Gasteiger partial charge < -0.3 is 10.1 Å². The Morgan fingerprint density at radius 2 is 1.91 bits per heavy atom. The zero-order valence-electron chi connectivity index (χ0n) is 12.6. The number of para-hydroxylation sites is 1. The first kappa shape index (κ1) is 17.4. The number of alkyl halides is 2. The van der Waals surface area contributed by atoms with Gasteiger partial charge in [0.05, 0.1) is 0 Å². The number of nitrogens with one attached hydrogen (secondary N) is 1. The van der Waals surface area contributed by atoms with Crippen molar-refractivity contribution < 1.29 is 13.5 Å². The molecule has 0 amide bonds. The molecule has 1 aromatic rings. The van der Waals surface area contributed by atoms with E-state index in [4.69, 9.17) is 0 Å². The Morgan fingerprint density at radius 1 is 1.18 bits per heavy atom. The summed E-state index contributed by atoms with van der Waals surface area (Å²) in [5.74, 6) is 0.304. The molecule has 2 fully saturated rings. The van der Waals surface area contributed by atoms with Crippen molar-refractivity contribution in [3.8, 4) is 5.75 Å². The van der Waals surface area contributed by atoms with Gasteiger partial charge in [0.25, 0.3) is 0 Å². The van der Waals surface area contributed by atoms with E-state index in [2.05, 4.69) is 15.0 Å². The van der Waals surface area contributed by atoms with E-state index < -0.39 is 6.61 Å². The molecule has 2 saturated heterocycles. The van der Waals surface area contributed by atoms with Crippen LogP contribution in [0.15, 0.2) is 24.3 Å². The van der Waals surface area contributed by atoms with E-state index in [-0.39, 0.29) is 12.4 Å². The maximum atomic E-state index is 12.5. The van der Waals surface area contributed by atoms with Crippen molar-refractivity contribution in [2.45, 2.75) is 32.4 Å². The fourth-order valence-electron chi connectivity index (χ4n) is 3.61. The molecule has 0 saturated carbocycles. The van der Waals surface area contributed by atoms with Crippen molar-refractivity contribution in [3.63, 3.8) is 0 Å². The molecule has 2 aliphatic rings. The third kappa shape index (κ3) is 4.09. The minimum absolute atomic E-state index is 0. The predicted octanol–water partition coefficient (Wildman–Crippen LogP) is 3.29. The summed E-state index contributed by atoms with van der Waals surface area (Å²) in [6.45, 7) is 2.23. The average Bonchev–Trinajstić information content (AvgIpc) is 2.84. The number of halogens is 3. The minimum atomic E-state index is -2.76. The number of hydrogen-bond donors (Lipinski definition) is 1. The second-order valence-electron chi connectivity index (χ2n) is 6.20. The smallest absolute Gasteiger partial charge is 0.387 e. The third-order valence-corrected chi connectivity index (χ3v) is 4.76. The normalized spacial score (nSPS) is 21.0. The van der Waals surface area contributed by atoms with Gasteiger partial charge in [-0.15, -0.1) is 12.4 Å². The van der Waals surface area contributed by atoms with Gasteiger partial charge in [0.15, 0.2) is 0 Å². The van der Waals surface area contributed by atoms with E-state index >= 15 is 0 Å². The van der Waals surface area contributed by atoms with Gasteiger partial charge in [0.1, 0.15) is 5.75 Å². The molecule has 1 aromatic carbocycles. The summed E-state index contributed by atoms with van der Waals surface area (Å²) in [6.07, 6.45) is 3.66. The van der Waals surface area contributed by atoms with Crippen LogP contribution in [0.3, 0.4) is 0 Å². The highest BCUT2D eigenvalue weighted by molar-refractivity contribution is 5.85. The summed E-state index contributed by atoms with van der Waals surface area (Å²) in [6, 6.07) is 7.12. The molecule has 0 aliphatic carbocycles. The van der Waals surface area contributed by atoms with Crippen LogP contribution >= 0.6 is 12.4 Å². The number of hydrogen-bond acceptors (Lipinski definition) is 3. The molecule has 124 valence electrons. The van der Waals surface area contributed by atoms with E-state index in [1.54, 1.807) is 12.1 Å². The van der Waals surface area contributed by atoms with Gasteiger partial charge >= 0.3 is 6.61 Å². The summed E-state index contributed by atoms with van der Waals surface area (Å²) < 4.78 is 29.5. The third-order valence-electron chi connectivity index (χ3n) is 4.76. The molecule has 22 heavy (non-hydrogen) atoms. The number of piperidine rings is 1. The standard InChI is InChI=1S/C16H22F2N2O.ClH/c17-15(18)21-14-4-2-1-3-13(14)11-20-10-7-16(12-20)5-8-19-9-6-16;/h1-4,15,19H,5-12H2;1H. The van der Waals surface area contributed by atoms with Crippen molar-refractivity contribution in [2.24, 2.45) is 5.41 Å². The van der Waals surface area contributed by atoms with Crippen LogP contribution in [0.2, 0.25) is 0 Å². The van der Waals surface area contributed by atoms with Crippen LogP contribution in [0.25, 0.3) is 0 Å². The Balaban J connectivity index is 0.00000176. The van der Waals surface area contributed by atoms with Crippen molar-refractivity contribution in [1.82, 2.24) is 10.2 Å². The second-order valence-corrected chi connectivity index (χ2v) is 6.20. The molecule has 6 heteroatoms. The van der Waals surface area contributed by atoms with Crippen molar-refractivity contribution in [2.75, 3.05) is 26.2 Å². The SMILES string of the molecule is Cl.FC(F)Oc1ccccc1CN1CCC2(CCNCC2)C1. The number of likely N-dealkylation sites (tertiary alicyclic amines) is 1. The summed E-state index contributed by atoms with van der Waals surface area (Å²) in [5, 5.41) is 3.41. The zero-order chi connectivity index (χ0) is 14.7. The van der Waals surface area contributed by atoms with E-state index in [9.17, 15) is 8.78 Å². The summed E-state index contributed by atoms with van der Waals surface area (Å²) in [4.78, 5) is 2.37. The molecular weight excluding hydrogens is 310 g/mol. The van der Waals surface area contributed by atoms with E-state index in [1.165, 1.54) is 19.3 Å². The van der Waals surface area contributed by atoms with Crippen LogP contribution in [0.4, 0.5) is 8.78 Å². The average molecular weight is 333 g/mol. The Labute approximate surface area is 136 Å². The lowest BCUT2D eigenvalue weighted by atomic mass is 9.78. The molecule has 0 unspecified atom stereocenters. The quantitative estimate of drug-likeness (QED) is 0.915. The number of rotatable bonds is 4. The van der Waals surface area contributed by atoms with Crippen molar-refractivity contribution in [3.05, 3.63) is 29.8 Å². The van der Waals surface area contributed by atoms with Crippen molar-refractivity contribution in [1.29, 1.82) is 0 Å². The fraction of sp³-hybridized carbons (Fsp3) is 0.625. The molecular formula is C16H23ClF2N2O. The molecule has 0 bridgehead atoms. The maximum absolute atomic E-state index is 12.5. The predicted molar refractivity (Wildman–Crippen MR) is 84.8 cm³/mol. The first-order valence-corrected chi connectivity index (χ1v) is 7.63. The number of nitrogens with zero attached hydrogens (tertiary/aromatic N) is 1. The van der Waals surface area contributed by atoms with Gasteiger partial charge in [-0.3, -0.25) is 4.90 Å². The summed E-state index contributed by atoms with van der Waals surface area (Å²) >= 11 is 0. The summed E-state index contributed by atoms with van der Waals surface area (Å²) in [5.41, 5.74) is 1.29. The molecule has 3 rings (SSSR count). The van der Waals surface area contributed by atoms with Gasteiger partial charge in [0.2, 0.25) is 0 Å². The molecule has 2 aliphatic heterocycles. The molecule has 0 atom stereocenters. The number of benzene rings is 1. The Kier molecular flexibility index (Phi) is 6.01. The van der Waals surface area contributed by atoms with Gasteiger partial charge in [-0.25, -0.2) is 0 Å². The molecule has 3 nitrogen and oxygen atoms in total. The topological polar surface area (TPSA) is 24.5 Å². The lowest BCUT2D eigenvalue weighted by Crippen LogP contribution is -2.38. The highest BCUT2D eigenvalue weighted by Gasteiger charge is 2.38. The molecule has 2 heterocycles. The molecule has 0 radical (unpaired) electrons. The van der Waals surface area contributed by atoms with Crippen LogP contribution in [-0.2, 0) is 6.54 Å². The maximum Gasteiger partial charge on any atom is 0.387 e. The molecule has 0 aromatic heterocycles. The Bertz CT molecular complexity index is 481. The van der Waals surface area contributed by atoms with E-state index in [0.717, 1.165) is 31.7 Å². The van der Waals surface area contributed by atoms with Crippen LogP contribution in [0.1, 0.15) is 24.8 Å². The summed E-state index contributed by atoms with van der Waals surface area (Å²) in [7, 11) is 0. The van der Waals surface area contributed by atoms with Crippen LogP contribution in [0, 0.1) is 5.41 Å². The van der Waals surface area contributed by atoms with Crippen LogP contribution in [-0.4, -0.2) is 37.7 Å².